The van der Waals surface area contributed by atoms with Crippen LogP contribution < -0.4 is 15.4 Å². The zero-order valence-corrected chi connectivity index (χ0v) is 25.6. The fourth-order valence-electron chi connectivity index (χ4n) is 5.53. The summed E-state index contributed by atoms with van der Waals surface area (Å²) in [6, 6.07) is 23.9. The van der Waals surface area contributed by atoms with Crippen LogP contribution in [0.5, 0.6) is 5.75 Å². The molecule has 0 radical (unpaired) electrons. The van der Waals surface area contributed by atoms with Gasteiger partial charge in [0.2, 0.25) is 0 Å². The lowest BCUT2D eigenvalue weighted by Gasteiger charge is -2.36. The van der Waals surface area contributed by atoms with Gasteiger partial charge in [-0.2, -0.15) is 0 Å². The minimum Gasteiger partial charge on any atom is -0.497 e. The smallest absolute Gasteiger partial charge is 0.254 e. The number of hydrogen-bond donors (Lipinski definition) is 3. The first-order chi connectivity index (χ1) is 20.8. The van der Waals surface area contributed by atoms with Gasteiger partial charge in [0.05, 0.1) is 24.8 Å². The second-order valence-electron chi connectivity index (χ2n) is 11.1. The average molecular weight is 599 g/mol. The number of hydrogen-bond acceptors (Lipinski definition) is 7. The van der Waals surface area contributed by atoms with E-state index in [1.165, 1.54) is 0 Å². The van der Waals surface area contributed by atoms with Crippen molar-refractivity contribution in [2.24, 2.45) is 0 Å². The van der Waals surface area contributed by atoms with E-state index in [4.69, 9.17) is 4.74 Å². The van der Waals surface area contributed by atoms with Gasteiger partial charge in [0.15, 0.2) is 0 Å². The lowest BCUT2D eigenvalue weighted by Crippen LogP contribution is -2.55. The Balaban J connectivity index is 1.31. The number of aliphatic hydroxyl groups excluding tert-OH is 1. The molecule has 2 heterocycles. The summed E-state index contributed by atoms with van der Waals surface area (Å²) >= 11 is 1.58. The minimum absolute atomic E-state index is 0.0512. The molecule has 8 nitrogen and oxygen atoms in total. The molecule has 5 rings (SSSR count). The molecule has 43 heavy (non-hydrogen) atoms. The van der Waals surface area contributed by atoms with Gasteiger partial charge in [0.1, 0.15) is 10.8 Å². The SMILES string of the molecule is COc1cccc(CNC[C@@H](O)[C@@](C)(NC(=O)c2cccc(C(=O)N3CCC[C@@H]3c3nc(C)cs3)c2)c2ccccc2)c1. The van der Waals surface area contributed by atoms with Crippen LogP contribution in [0.25, 0.3) is 0 Å². The van der Waals surface area contributed by atoms with Crippen molar-refractivity contribution in [3.63, 3.8) is 0 Å². The van der Waals surface area contributed by atoms with Crippen LogP contribution in [0.15, 0.2) is 84.2 Å². The van der Waals surface area contributed by atoms with Crippen molar-refractivity contribution in [2.75, 3.05) is 20.2 Å². The Kier molecular flexibility index (Phi) is 9.55. The van der Waals surface area contributed by atoms with E-state index in [1.54, 1.807) is 42.7 Å². The lowest BCUT2D eigenvalue weighted by molar-refractivity contribution is 0.0554. The molecule has 0 saturated carbocycles. The standard InChI is InChI=1S/C34H38N4O4S/c1-23-22-43-32(36-23)29-16-9-17-38(29)33(41)26-12-8-11-25(19-26)31(40)37-34(2,27-13-5-4-6-14-27)30(39)21-35-20-24-10-7-15-28(18-24)42-3/h4-8,10-15,18-19,22,29-30,35,39H,9,16-17,20-21H2,1-3H3,(H,37,40)/t29-,30-,34+/m1/s1. The maximum Gasteiger partial charge on any atom is 0.254 e. The Hall–Kier alpha value is -4.05. The van der Waals surface area contributed by atoms with E-state index in [-0.39, 0.29) is 24.4 Å². The number of aryl methyl sites for hydroxylation is 1. The molecule has 1 fully saturated rings. The Labute approximate surface area is 256 Å². The summed E-state index contributed by atoms with van der Waals surface area (Å²) in [7, 11) is 1.63. The molecule has 224 valence electrons. The third kappa shape index (κ3) is 6.96. The fourth-order valence-corrected chi connectivity index (χ4v) is 6.47. The molecular formula is C34H38N4O4S. The van der Waals surface area contributed by atoms with Gasteiger partial charge in [-0.25, -0.2) is 4.98 Å². The molecule has 0 aliphatic carbocycles. The number of amides is 2. The number of aromatic nitrogens is 1. The first-order valence-electron chi connectivity index (χ1n) is 14.5. The molecule has 0 bridgehead atoms. The number of carbonyl (C=O) groups excluding carboxylic acids is 2. The average Bonchev–Trinajstić information content (AvgIpc) is 3.70. The fraction of sp³-hybridized carbons (Fsp3) is 0.324. The van der Waals surface area contributed by atoms with Gasteiger partial charge >= 0.3 is 0 Å². The van der Waals surface area contributed by atoms with Crippen molar-refractivity contribution in [3.8, 4) is 5.75 Å². The Morgan fingerprint density at radius 1 is 1.09 bits per heavy atom. The van der Waals surface area contributed by atoms with Crippen molar-refractivity contribution in [1.29, 1.82) is 0 Å². The van der Waals surface area contributed by atoms with Crippen LogP contribution in [-0.4, -0.2) is 53.1 Å². The van der Waals surface area contributed by atoms with E-state index in [9.17, 15) is 14.7 Å². The van der Waals surface area contributed by atoms with E-state index in [1.807, 2.05) is 78.7 Å². The van der Waals surface area contributed by atoms with E-state index in [0.717, 1.165) is 40.4 Å². The van der Waals surface area contributed by atoms with Crippen molar-refractivity contribution in [1.82, 2.24) is 20.5 Å². The number of benzene rings is 3. The number of likely N-dealkylation sites (tertiary alicyclic amines) is 1. The number of nitrogens with one attached hydrogen (secondary N) is 2. The third-order valence-corrected chi connectivity index (χ3v) is 9.09. The summed E-state index contributed by atoms with van der Waals surface area (Å²) in [5, 5.41) is 20.8. The Bertz CT molecular complexity index is 1560. The monoisotopic (exact) mass is 598 g/mol. The number of aliphatic hydroxyl groups is 1. The highest BCUT2D eigenvalue weighted by Crippen LogP contribution is 2.35. The predicted molar refractivity (Wildman–Crippen MR) is 168 cm³/mol. The molecular weight excluding hydrogens is 560 g/mol. The topological polar surface area (TPSA) is 104 Å². The lowest BCUT2D eigenvalue weighted by atomic mass is 9.85. The molecule has 4 aromatic rings. The van der Waals surface area contributed by atoms with Gasteiger partial charge in [0, 0.05) is 41.8 Å². The van der Waals surface area contributed by atoms with Crippen LogP contribution in [0, 0.1) is 6.92 Å². The summed E-state index contributed by atoms with van der Waals surface area (Å²) in [4.78, 5) is 33.8. The van der Waals surface area contributed by atoms with Crippen molar-refractivity contribution < 1.29 is 19.4 Å². The number of methoxy groups -OCH3 is 1. The molecule has 1 saturated heterocycles. The number of carbonyl (C=O) groups is 2. The van der Waals surface area contributed by atoms with Gasteiger partial charge in [-0.05, 0) is 68.1 Å². The molecule has 0 unspecified atom stereocenters. The number of nitrogens with zero attached hydrogens (tertiary/aromatic N) is 2. The maximum absolute atomic E-state index is 13.7. The maximum atomic E-state index is 13.7. The van der Waals surface area contributed by atoms with E-state index >= 15 is 0 Å². The molecule has 3 aromatic carbocycles. The summed E-state index contributed by atoms with van der Waals surface area (Å²) in [6.07, 6.45) is 0.827. The number of thiazole rings is 1. The van der Waals surface area contributed by atoms with Crippen LogP contribution in [0.1, 0.15) is 68.4 Å². The summed E-state index contributed by atoms with van der Waals surface area (Å²) < 4.78 is 5.31. The van der Waals surface area contributed by atoms with Crippen molar-refractivity contribution in [3.05, 3.63) is 117 Å². The summed E-state index contributed by atoms with van der Waals surface area (Å²) in [5.41, 5.74) is 2.44. The normalized spacial score (nSPS) is 16.8. The minimum atomic E-state index is -1.11. The van der Waals surface area contributed by atoms with Crippen LogP contribution in [0.4, 0.5) is 0 Å². The van der Waals surface area contributed by atoms with Gasteiger partial charge in [0.25, 0.3) is 11.8 Å². The molecule has 2 amide bonds. The highest BCUT2D eigenvalue weighted by Gasteiger charge is 2.37. The van der Waals surface area contributed by atoms with Crippen LogP contribution in [0.2, 0.25) is 0 Å². The largest absolute Gasteiger partial charge is 0.497 e. The van der Waals surface area contributed by atoms with Crippen molar-refractivity contribution >= 4 is 23.2 Å². The highest BCUT2D eigenvalue weighted by atomic mass is 32.1. The van der Waals surface area contributed by atoms with Gasteiger partial charge < -0.3 is 25.4 Å². The summed E-state index contributed by atoms with van der Waals surface area (Å²) in [5.74, 6) is 0.277. The van der Waals surface area contributed by atoms with Crippen LogP contribution >= 0.6 is 11.3 Å². The Morgan fingerprint density at radius 3 is 2.60 bits per heavy atom. The molecule has 3 atom stereocenters. The number of ether oxygens (including phenoxy) is 1. The van der Waals surface area contributed by atoms with Gasteiger partial charge in [-0.1, -0.05) is 48.5 Å². The van der Waals surface area contributed by atoms with E-state index < -0.39 is 11.6 Å². The van der Waals surface area contributed by atoms with Crippen LogP contribution in [0.3, 0.4) is 0 Å². The third-order valence-electron chi connectivity index (χ3n) is 8.02. The zero-order chi connectivity index (χ0) is 30.4. The molecule has 1 aromatic heterocycles. The molecule has 9 heteroatoms. The van der Waals surface area contributed by atoms with Crippen molar-refractivity contribution in [2.45, 2.75) is 50.9 Å². The second kappa shape index (κ2) is 13.5. The zero-order valence-electron chi connectivity index (χ0n) is 24.7. The molecule has 1 aliphatic rings. The van der Waals surface area contributed by atoms with E-state index in [2.05, 4.69) is 15.6 Å². The predicted octanol–water partition coefficient (Wildman–Crippen LogP) is 5.23. The van der Waals surface area contributed by atoms with E-state index in [0.29, 0.717) is 24.2 Å². The summed E-state index contributed by atoms with van der Waals surface area (Å²) in [6.45, 7) is 5.18. The number of rotatable bonds is 11. The molecule has 1 aliphatic heterocycles. The second-order valence-corrected chi connectivity index (χ2v) is 12.0. The Morgan fingerprint density at radius 2 is 1.86 bits per heavy atom. The van der Waals surface area contributed by atoms with Crippen LogP contribution in [-0.2, 0) is 12.1 Å². The molecule has 3 N–H and O–H groups in total. The quantitative estimate of drug-likeness (QED) is 0.218. The van der Waals surface area contributed by atoms with Gasteiger partial charge in [-0.3, -0.25) is 9.59 Å². The van der Waals surface area contributed by atoms with Gasteiger partial charge in [-0.15, -0.1) is 11.3 Å². The molecule has 0 spiro atoms. The first-order valence-corrected chi connectivity index (χ1v) is 15.4. The first kappa shape index (κ1) is 30.4. The highest BCUT2D eigenvalue weighted by molar-refractivity contribution is 7.09.